The maximum absolute atomic E-state index is 2.93. The minimum Gasteiger partial charge on any atom is -0.333 e. The first kappa shape index (κ1) is 11.1. The van der Waals surface area contributed by atoms with Gasteiger partial charge >= 0.3 is 0 Å². The Morgan fingerprint density at radius 1 is 1.12 bits per heavy atom. The first-order chi connectivity index (χ1) is 3.00. The summed E-state index contributed by atoms with van der Waals surface area (Å²) in [5.74, 6) is 0. The second-order valence-corrected chi connectivity index (χ2v) is 1.67. The van der Waals surface area contributed by atoms with Gasteiger partial charge in [-0.05, 0) is 23.4 Å². The topological polar surface area (TPSA) is 12.0 Å². The van der Waals surface area contributed by atoms with Crippen LogP contribution in [-0.4, -0.2) is 0 Å². The molecule has 0 atom stereocenters. The average molecular weight is 172 g/mol. The fourth-order valence-electron chi connectivity index (χ4n) is 0.258. The van der Waals surface area contributed by atoms with E-state index in [9.17, 15) is 0 Å². The third-order valence-corrected chi connectivity index (χ3v) is 1.06. The second kappa shape index (κ2) is 7.21. The van der Waals surface area contributed by atoms with E-state index in [0.717, 1.165) is 0 Å². The summed E-state index contributed by atoms with van der Waals surface area (Å²) in [6.07, 6.45) is 5.84. The Bertz CT molecular complexity index is 80.0. The van der Waals surface area contributed by atoms with Gasteiger partial charge in [0.2, 0.25) is 0 Å². The van der Waals surface area contributed by atoms with Crippen molar-refractivity contribution in [3.8, 4) is 0 Å². The van der Waals surface area contributed by atoms with Crippen molar-refractivity contribution in [1.82, 2.24) is 4.72 Å². The van der Waals surface area contributed by atoms with Crippen molar-refractivity contribution in [2.24, 2.45) is 0 Å². The maximum atomic E-state index is 2.93. The zero-order valence-corrected chi connectivity index (χ0v) is 6.48. The molecule has 0 aliphatic carbocycles. The molecule has 0 spiro atoms. The molecule has 0 aromatic rings. The summed E-state index contributed by atoms with van der Waals surface area (Å²) in [5.41, 5.74) is 0. The van der Waals surface area contributed by atoms with E-state index >= 15 is 0 Å². The van der Waals surface area contributed by atoms with Crippen LogP contribution < -0.4 is 4.72 Å². The van der Waals surface area contributed by atoms with Crippen LogP contribution in [0, 0.1) is 0 Å². The molecule has 1 nitrogen and oxygen atoms in total. The van der Waals surface area contributed by atoms with E-state index in [1.54, 1.807) is 11.9 Å². The van der Waals surface area contributed by atoms with E-state index in [-0.39, 0.29) is 24.8 Å². The van der Waals surface area contributed by atoms with E-state index in [0.29, 0.717) is 0 Å². The van der Waals surface area contributed by atoms with Gasteiger partial charge in [-0.15, -0.1) is 24.8 Å². The lowest BCUT2D eigenvalue weighted by Gasteiger charge is -1.93. The number of nitrogens with one attached hydrogen (secondary N) is 1. The van der Waals surface area contributed by atoms with Gasteiger partial charge in [0.05, 0.1) is 0 Å². The molecular weight excluding hydrogens is 165 g/mol. The van der Waals surface area contributed by atoms with Crippen LogP contribution in [0.15, 0.2) is 23.8 Å². The summed E-state index contributed by atoms with van der Waals surface area (Å²) in [6.45, 7) is 0. The van der Waals surface area contributed by atoms with Crippen molar-refractivity contribution in [1.29, 1.82) is 0 Å². The van der Waals surface area contributed by atoms with Crippen LogP contribution in [0.3, 0.4) is 0 Å². The molecule has 1 heterocycles. The molecule has 0 fully saturated rings. The number of allylic oxidation sites excluding steroid dienone is 2. The fourth-order valence-corrected chi connectivity index (χ4v) is 0.663. The predicted molar refractivity (Wildman–Crippen MR) is 43.5 cm³/mol. The summed E-state index contributed by atoms with van der Waals surface area (Å²) in [4.78, 5) is 0. The lowest BCUT2D eigenvalue weighted by atomic mass is 10.6. The average Bonchev–Trinajstić information content (AvgIpc) is 1.72. The molecule has 0 amide bonds. The van der Waals surface area contributed by atoms with Crippen molar-refractivity contribution in [3.63, 3.8) is 0 Å². The molecule has 0 bridgehead atoms. The summed E-state index contributed by atoms with van der Waals surface area (Å²) < 4.78 is 2.93. The van der Waals surface area contributed by atoms with Gasteiger partial charge in [0.1, 0.15) is 0 Å². The van der Waals surface area contributed by atoms with Crippen LogP contribution in [0.4, 0.5) is 0 Å². The van der Waals surface area contributed by atoms with Crippen LogP contribution in [0.1, 0.15) is 0 Å². The summed E-state index contributed by atoms with van der Waals surface area (Å²) in [5, 5.41) is 1.99. The van der Waals surface area contributed by atoms with Crippen molar-refractivity contribution in [2.45, 2.75) is 0 Å². The Morgan fingerprint density at radius 3 is 2.00 bits per heavy atom. The molecule has 0 unspecified atom stereocenters. The number of rotatable bonds is 0. The maximum Gasteiger partial charge on any atom is 0.00756 e. The highest BCUT2D eigenvalue weighted by Gasteiger charge is 1.74. The van der Waals surface area contributed by atoms with Crippen LogP contribution in [0.25, 0.3) is 0 Å². The molecule has 1 N–H and O–H groups in total. The van der Waals surface area contributed by atoms with Crippen molar-refractivity contribution < 1.29 is 0 Å². The quantitative estimate of drug-likeness (QED) is 0.561. The van der Waals surface area contributed by atoms with E-state index in [1.165, 1.54) is 0 Å². The molecule has 48 valence electrons. The van der Waals surface area contributed by atoms with Gasteiger partial charge in [-0.3, -0.25) is 0 Å². The van der Waals surface area contributed by atoms with E-state index in [1.807, 2.05) is 23.8 Å². The molecule has 0 aromatic heterocycles. The van der Waals surface area contributed by atoms with Gasteiger partial charge in [-0.2, -0.15) is 0 Å². The van der Waals surface area contributed by atoms with Gasteiger partial charge in [0.25, 0.3) is 0 Å². The highest BCUT2D eigenvalue weighted by molar-refractivity contribution is 8.00. The molecule has 1 aliphatic heterocycles. The normalized spacial score (nSPS) is 13.0. The third-order valence-electron chi connectivity index (χ3n) is 0.490. The summed E-state index contributed by atoms with van der Waals surface area (Å²) in [6, 6.07) is 0. The van der Waals surface area contributed by atoms with Gasteiger partial charge < -0.3 is 4.72 Å². The van der Waals surface area contributed by atoms with Crippen molar-refractivity contribution in [2.75, 3.05) is 0 Å². The van der Waals surface area contributed by atoms with Gasteiger partial charge in [-0.1, -0.05) is 6.08 Å². The first-order valence-electron chi connectivity index (χ1n) is 1.73. The minimum atomic E-state index is 0. The Labute approximate surface area is 65.6 Å². The number of halogens is 2. The van der Waals surface area contributed by atoms with E-state index in [4.69, 9.17) is 0 Å². The molecule has 8 heavy (non-hydrogen) atoms. The van der Waals surface area contributed by atoms with Crippen LogP contribution in [0.2, 0.25) is 0 Å². The largest absolute Gasteiger partial charge is 0.333 e. The van der Waals surface area contributed by atoms with Gasteiger partial charge in [0.15, 0.2) is 0 Å². The molecule has 0 radical (unpaired) electrons. The number of hydrogen-bond acceptors (Lipinski definition) is 2. The molecule has 1 rings (SSSR count). The van der Waals surface area contributed by atoms with Gasteiger partial charge in [0, 0.05) is 6.20 Å². The summed E-state index contributed by atoms with van der Waals surface area (Å²) >= 11 is 1.58. The Hall–Kier alpha value is 0.210. The van der Waals surface area contributed by atoms with Crippen LogP contribution in [-0.2, 0) is 0 Å². The summed E-state index contributed by atoms with van der Waals surface area (Å²) in [7, 11) is 0. The highest BCUT2D eigenvalue weighted by atomic mass is 35.5. The zero-order chi connectivity index (χ0) is 4.24. The van der Waals surface area contributed by atoms with Crippen LogP contribution in [0.5, 0.6) is 0 Å². The SMILES string of the molecule is C1=CNSC=C1.Cl.Cl. The smallest absolute Gasteiger partial charge is 0.00756 e. The Kier molecular flexibility index (Phi) is 9.97. The molecular formula is C4H7Cl2NS. The first-order valence-corrected chi connectivity index (χ1v) is 2.61. The van der Waals surface area contributed by atoms with E-state index < -0.39 is 0 Å². The standard InChI is InChI=1S/C4H5NS.2ClH/c1-2-4-6-5-3-1;;/h1-5H;2*1H. The van der Waals surface area contributed by atoms with Crippen molar-refractivity contribution >= 4 is 36.8 Å². The second-order valence-electron chi connectivity index (χ2n) is 0.923. The molecule has 1 aliphatic rings. The molecule has 4 heteroatoms. The van der Waals surface area contributed by atoms with Crippen LogP contribution >= 0.6 is 36.8 Å². The lowest BCUT2D eigenvalue weighted by molar-refractivity contribution is 1.42. The Morgan fingerprint density at radius 2 is 1.88 bits per heavy atom. The number of hydrogen-bond donors (Lipinski definition) is 1. The molecule has 0 saturated carbocycles. The predicted octanol–water partition coefficient (Wildman–Crippen LogP) is 2.11. The van der Waals surface area contributed by atoms with Crippen molar-refractivity contribution in [3.05, 3.63) is 23.8 Å². The minimum absolute atomic E-state index is 0. The molecule has 0 aromatic carbocycles. The van der Waals surface area contributed by atoms with E-state index in [2.05, 4.69) is 4.72 Å². The third kappa shape index (κ3) is 4.37. The fraction of sp³-hybridized carbons (Fsp3) is 0. The molecule has 0 saturated heterocycles. The monoisotopic (exact) mass is 171 g/mol. The van der Waals surface area contributed by atoms with Gasteiger partial charge in [-0.25, -0.2) is 0 Å². The lowest BCUT2D eigenvalue weighted by Crippen LogP contribution is -1.88. The Balaban J connectivity index is 0. The zero-order valence-electron chi connectivity index (χ0n) is 4.03. The highest BCUT2D eigenvalue weighted by Crippen LogP contribution is 1.98.